The van der Waals surface area contributed by atoms with Crippen molar-refractivity contribution in [1.29, 1.82) is 0 Å². The highest BCUT2D eigenvalue weighted by molar-refractivity contribution is 9.10. The van der Waals surface area contributed by atoms with Gasteiger partial charge < -0.3 is 11.1 Å². The van der Waals surface area contributed by atoms with Gasteiger partial charge in [-0.15, -0.1) is 0 Å². The maximum absolute atomic E-state index is 5.85. The lowest BCUT2D eigenvalue weighted by Gasteiger charge is -2.16. The van der Waals surface area contributed by atoms with Crippen LogP contribution in [0.1, 0.15) is 18.5 Å². The molecule has 94 valence electrons. The summed E-state index contributed by atoms with van der Waals surface area (Å²) in [4.78, 5) is 4.24. The highest BCUT2D eigenvalue weighted by atomic mass is 79.9. The number of nitrogens with one attached hydrogen (secondary N) is 1. The average molecular weight is 327 g/mol. The first-order chi connectivity index (χ1) is 8.56. The van der Waals surface area contributed by atoms with Crippen molar-refractivity contribution in [1.82, 2.24) is 4.98 Å². The molecule has 0 spiro atoms. The zero-order valence-electron chi connectivity index (χ0n) is 9.82. The first kappa shape index (κ1) is 13.2. The van der Waals surface area contributed by atoms with Crippen LogP contribution in [0.25, 0.3) is 0 Å². The maximum atomic E-state index is 5.85. The molecule has 0 fully saturated rings. The van der Waals surface area contributed by atoms with E-state index in [1.165, 1.54) is 0 Å². The number of aromatic nitrogens is 1. The van der Waals surface area contributed by atoms with E-state index >= 15 is 0 Å². The minimum atomic E-state index is 0.110. The van der Waals surface area contributed by atoms with E-state index in [0.717, 1.165) is 21.5 Å². The van der Waals surface area contributed by atoms with Crippen molar-refractivity contribution >= 4 is 39.0 Å². The van der Waals surface area contributed by atoms with Gasteiger partial charge in [0.1, 0.15) is 5.82 Å². The summed E-state index contributed by atoms with van der Waals surface area (Å²) in [5.41, 5.74) is 7.63. The number of rotatable bonds is 3. The Kier molecular flexibility index (Phi) is 4.09. The minimum Gasteiger partial charge on any atom is -0.399 e. The molecule has 0 amide bonds. The number of nitrogen functional groups attached to an aromatic ring is 1. The summed E-state index contributed by atoms with van der Waals surface area (Å²) in [7, 11) is 0. The number of anilines is 2. The van der Waals surface area contributed by atoms with Crippen LogP contribution in [0.15, 0.2) is 41.0 Å². The van der Waals surface area contributed by atoms with E-state index in [0.29, 0.717) is 5.02 Å². The van der Waals surface area contributed by atoms with Gasteiger partial charge >= 0.3 is 0 Å². The molecule has 1 unspecified atom stereocenters. The molecule has 0 radical (unpaired) electrons. The second kappa shape index (κ2) is 5.59. The molecule has 2 rings (SSSR count). The maximum Gasteiger partial charge on any atom is 0.140 e. The van der Waals surface area contributed by atoms with Crippen LogP contribution in [0.4, 0.5) is 11.5 Å². The Balaban J connectivity index is 2.18. The van der Waals surface area contributed by atoms with Gasteiger partial charge in [-0.1, -0.05) is 23.7 Å². The molecule has 0 aliphatic carbocycles. The lowest BCUT2D eigenvalue weighted by atomic mass is 10.1. The summed E-state index contributed by atoms with van der Waals surface area (Å²) >= 11 is 9.28. The summed E-state index contributed by atoms with van der Waals surface area (Å²) < 4.78 is 0.839. The van der Waals surface area contributed by atoms with Gasteiger partial charge in [0, 0.05) is 11.9 Å². The lowest BCUT2D eigenvalue weighted by Crippen LogP contribution is -2.08. The fourth-order valence-electron chi connectivity index (χ4n) is 1.64. The van der Waals surface area contributed by atoms with E-state index in [4.69, 9.17) is 17.3 Å². The molecular formula is C13H13BrClN3. The van der Waals surface area contributed by atoms with Gasteiger partial charge in [0.2, 0.25) is 0 Å². The molecule has 1 heterocycles. The van der Waals surface area contributed by atoms with E-state index in [9.17, 15) is 0 Å². The summed E-state index contributed by atoms with van der Waals surface area (Å²) in [5.74, 6) is 0.759. The molecule has 0 aliphatic heterocycles. The second-order valence-corrected chi connectivity index (χ2v) is 5.31. The third kappa shape index (κ3) is 3.15. The minimum absolute atomic E-state index is 0.110. The van der Waals surface area contributed by atoms with E-state index in [2.05, 4.69) is 33.2 Å². The molecule has 0 saturated heterocycles. The summed E-state index contributed by atoms with van der Waals surface area (Å²) in [6.45, 7) is 2.05. The lowest BCUT2D eigenvalue weighted by molar-refractivity contribution is 0.873. The van der Waals surface area contributed by atoms with Crippen LogP contribution in [0, 0.1) is 0 Å². The van der Waals surface area contributed by atoms with Crippen LogP contribution >= 0.6 is 27.5 Å². The van der Waals surface area contributed by atoms with E-state index in [1.54, 1.807) is 6.20 Å². The highest BCUT2D eigenvalue weighted by Crippen LogP contribution is 2.27. The first-order valence-corrected chi connectivity index (χ1v) is 6.66. The summed E-state index contributed by atoms with van der Waals surface area (Å²) in [6.07, 6.45) is 1.61. The number of nitrogens with two attached hydrogens (primary N) is 1. The molecule has 18 heavy (non-hydrogen) atoms. The van der Waals surface area contributed by atoms with Crippen LogP contribution in [-0.4, -0.2) is 4.98 Å². The fraction of sp³-hybridized carbons (Fsp3) is 0.154. The van der Waals surface area contributed by atoms with Crippen molar-refractivity contribution in [2.75, 3.05) is 11.1 Å². The van der Waals surface area contributed by atoms with E-state index in [1.807, 2.05) is 30.3 Å². The molecule has 1 atom stereocenters. The normalized spacial score (nSPS) is 12.2. The number of hydrogen-bond acceptors (Lipinski definition) is 3. The molecule has 1 aromatic carbocycles. The van der Waals surface area contributed by atoms with Crippen LogP contribution in [0.3, 0.4) is 0 Å². The Morgan fingerprint density at radius 2 is 2.17 bits per heavy atom. The molecule has 5 heteroatoms. The SMILES string of the molecule is CC(Nc1ncc(Cl)cc1Br)c1cccc(N)c1. The number of nitrogens with zero attached hydrogens (tertiary/aromatic N) is 1. The van der Waals surface area contributed by atoms with Crippen molar-refractivity contribution in [3.8, 4) is 0 Å². The predicted octanol–water partition coefficient (Wildman–Crippen LogP) is 4.25. The van der Waals surface area contributed by atoms with Gasteiger partial charge in [-0.05, 0) is 46.6 Å². The van der Waals surface area contributed by atoms with Gasteiger partial charge in [-0.2, -0.15) is 0 Å². The summed E-state index contributed by atoms with van der Waals surface area (Å²) in [6, 6.07) is 9.70. The van der Waals surface area contributed by atoms with E-state index < -0.39 is 0 Å². The molecular weight excluding hydrogens is 314 g/mol. The van der Waals surface area contributed by atoms with Crippen LogP contribution in [0.5, 0.6) is 0 Å². The van der Waals surface area contributed by atoms with Crippen LogP contribution < -0.4 is 11.1 Å². The Bertz CT molecular complexity index is 560. The van der Waals surface area contributed by atoms with Gasteiger partial charge in [-0.3, -0.25) is 0 Å². The van der Waals surface area contributed by atoms with Gasteiger partial charge in [-0.25, -0.2) is 4.98 Å². The number of hydrogen-bond donors (Lipinski definition) is 2. The second-order valence-electron chi connectivity index (χ2n) is 4.02. The first-order valence-electron chi connectivity index (χ1n) is 5.49. The van der Waals surface area contributed by atoms with Crippen molar-refractivity contribution in [3.05, 3.63) is 51.6 Å². The zero-order valence-corrected chi connectivity index (χ0v) is 12.2. The fourth-order valence-corrected chi connectivity index (χ4v) is 2.39. The number of pyridine rings is 1. The molecule has 0 saturated carbocycles. The Morgan fingerprint density at radius 1 is 1.39 bits per heavy atom. The van der Waals surface area contributed by atoms with Crippen LogP contribution in [-0.2, 0) is 0 Å². The molecule has 0 aliphatic rings. The van der Waals surface area contributed by atoms with Gasteiger partial charge in [0.15, 0.2) is 0 Å². The standard InChI is InChI=1S/C13H13BrClN3/c1-8(9-3-2-4-11(16)5-9)18-13-12(14)6-10(15)7-17-13/h2-8H,16H2,1H3,(H,17,18). The Morgan fingerprint density at radius 3 is 2.83 bits per heavy atom. The van der Waals surface area contributed by atoms with Crippen molar-refractivity contribution in [2.45, 2.75) is 13.0 Å². The Hall–Kier alpha value is -1.26. The smallest absolute Gasteiger partial charge is 0.140 e. The third-order valence-corrected chi connectivity index (χ3v) is 3.38. The van der Waals surface area contributed by atoms with E-state index in [-0.39, 0.29) is 6.04 Å². The molecule has 3 nitrogen and oxygen atoms in total. The van der Waals surface area contributed by atoms with Gasteiger partial charge in [0.05, 0.1) is 15.5 Å². The molecule has 0 bridgehead atoms. The zero-order chi connectivity index (χ0) is 13.1. The molecule has 1 aromatic heterocycles. The largest absolute Gasteiger partial charge is 0.399 e. The van der Waals surface area contributed by atoms with Crippen molar-refractivity contribution in [2.24, 2.45) is 0 Å². The molecule has 2 aromatic rings. The summed E-state index contributed by atoms with van der Waals surface area (Å²) in [5, 5.41) is 3.91. The third-order valence-electron chi connectivity index (χ3n) is 2.57. The monoisotopic (exact) mass is 325 g/mol. The highest BCUT2D eigenvalue weighted by Gasteiger charge is 2.09. The van der Waals surface area contributed by atoms with Crippen LogP contribution in [0.2, 0.25) is 5.02 Å². The van der Waals surface area contributed by atoms with Crippen molar-refractivity contribution in [3.63, 3.8) is 0 Å². The topological polar surface area (TPSA) is 50.9 Å². The predicted molar refractivity (Wildman–Crippen MR) is 79.8 cm³/mol. The number of benzene rings is 1. The average Bonchev–Trinajstić information content (AvgIpc) is 2.32. The number of halogens is 2. The Labute approximate surface area is 119 Å². The quantitative estimate of drug-likeness (QED) is 0.829. The molecule has 3 N–H and O–H groups in total. The van der Waals surface area contributed by atoms with Gasteiger partial charge in [0.25, 0.3) is 0 Å². The van der Waals surface area contributed by atoms with Crippen molar-refractivity contribution < 1.29 is 0 Å².